The van der Waals surface area contributed by atoms with Gasteiger partial charge in [0.1, 0.15) is 0 Å². The average Bonchev–Trinajstić information content (AvgIpc) is 2.45. The highest BCUT2D eigenvalue weighted by atomic mass is 32.2. The molecule has 0 bridgehead atoms. The van der Waals surface area contributed by atoms with Gasteiger partial charge in [0.15, 0.2) is 0 Å². The zero-order valence-electron chi connectivity index (χ0n) is 13.5. The minimum Gasteiger partial charge on any atom is -0.379 e. The SMILES string of the molecule is CCOCCOCc1cccc(NS(=O)(=O)N2CC(OC)C2)c1. The van der Waals surface area contributed by atoms with Crippen molar-refractivity contribution in [1.29, 1.82) is 0 Å². The van der Waals surface area contributed by atoms with E-state index >= 15 is 0 Å². The largest absolute Gasteiger partial charge is 0.379 e. The Morgan fingerprint density at radius 1 is 1.26 bits per heavy atom. The van der Waals surface area contributed by atoms with Gasteiger partial charge < -0.3 is 14.2 Å². The summed E-state index contributed by atoms with van der Waals surface area (Å²) in [5, 5.41) is 0. The summed E-state index contributed by atoms with van der Waals surface area (Å²) in [5.41, 5.74) is 1.43. The summed E-state index contributed by atoms with van der Waals surface area (Å²) in [6.07, 6.45) is -0.0170. The lowest BCUT2D eigenvalue weighted by atomic mass is 10.2. The molecule has 130 valence electrons. The summed E-state index contributed by atoms with van der Waals surface area (Å²) in [6, 6.07) is 7.18. The Morgan fingerprint density at radius 2 is 2.00 bits per heavy atom. The second-order valence-corrected chi connectivity index (χ2v) is 6.90. The Labute approximate surface area is 137 Å². The summed E-state index contributed by atoms with van der Waals surface area (Å²) in [7, 11) is -1.95. The van der Waals surface area contributed by atoms with Crippen LogP contribution in [0.15, 0.2) is 24.3 Å². The fraction of sp³-hybridized carbons (Fsp3) is 0.600. The second kappa shape index (κ2) is 8.60. The van der Waals surface area contributed by atoms with Crippen molar-refractivity contribution < 1.29 is 22.6 Å². The smallest absolute Gasteiger partial charge is 0.301 e. The molecule has 1 fully saturated rings. The predicted octanol–water partition coefficient (Wildman–Crippen LogP) is 1.23. The molecule has 1 N–H and O–H groups in total. The summed E-state index contributed by atoms with van der Waals surface area (Å²) in [4.78, 5) is 0. The number of benzene rings is 1. The number of methoxy groups -OCH3 is 1. The van der Waals surface area contributed by atoms with Gasteiger partial charge in [-0.3, -0.25) is 4.72 Å². The lowest BCUT2D eigenvalue weighted by Crippen LogP contribution is -2.55. The van der Waals surface area contributed by atoms with Crippen molar-refractivity contribution in [2.45, 2.75) is 19.6 Å². The summed E-state index contributed by atoms with van der Waals surface area (Å²) < 4.78 is 44.1. The number of hydrogen-bond donors (Lipinski definition) is 1. The summed E-state index contributed by atoms with van der Waals surface area (Å²) in [5.74, 6) is 0. The van der Waals surface area contributed by atoms with Crippen molar-refractivity contribution in [3.05, 3.63) is 29.8 Å². The highest BCUT2D eigenvalue weighted by Crippen LogP contribution is 2.19. The third kappa shape index (κ3) is 5.43. The van der Waals surface area contributed by atoms with Crippen LogP contribution in [-0.2, 0) is 31.0 Å². The minimum absolute atomic E-state index is 0.0170. The number of ether oxygens (including phenoxy) is 3. The Bertz CT molecular complexity index is 587. The van der Waals surface area contributed by atoms with Crippen LogP contribution in [0, 0.1) is 0 Å². The number of hydrogen-bond acceptors (Lipinski definition) is 5. The average molecular weight is 344 g/mol. The molecular formula is C15H24N2O5S. The van der Waals surface area contributed by atoms with Gasteiger partial charge >= 0.3 is 10.2 Å². The third-order valence-electron chi connectivity index (χ3n) is 3.51. The molecule has 0 aromatic heterocycles. The van der Waals surface area contributed by atoms with Gasteiger partial charge in [-0.25, -0.2) is 0 Å². The first-order valence-electron chi connectivity index (χ1n) is 7.60. The lowest BCUT2D eigenvalue weighted by molar-refractivity contribution is 0.0128. The van der Waals surface area contributed by atoms with Crippen LogP contribution in [0.5, 0.6) is 0 Å². The molecule has 7 nitrogen and oxygen atoms in total. The fourth-order valence-electron chi connectivity index (χ4n) is 2.14. The number of rotatable bonds is 10. The van der Waals surface area contributed by atoms with E-state index in [9.17, 15) is 8.42 Å². The fourth-order valence-corrected chi connectivity index (χ4v) is 3.42. The van der Waals surface area contributed by atoms with Crippen molar-refractivity contribution in [3.63, 3.8) is 0 Å². The van der Waals surface area contributed by atoms with E-state index in [1.54, 1.807) is 25.3 Å². The first-order valence-corrected chi connectivity index (χ1v) is 9.04. The maximum atomic E-state index is 12.2. The highest BCUT2D eigenvalue weighted by molar-refractivity contribution is 7.90. The minimum atomic E-state index is -3.53. The van der Waals surface area contributed by atoms with Gasteiger partial charge in [-0.1, -0.05) is 12.1 Å². The van der Waals surface area contributed by atoms with Gasteiger partial charge in [0.05, 0.1) is 31.6 Å². The number of nitrogens with one attached hydrogen (secondary N) is 1. The van der Waals surface area contributed by atoms with E-state index in [-0.39, 0.29) is 6.10 Å². The molecule has 1 heterocycles. The predicted molar refractivity (Wildman–Crippen MR) is 87.5 cm³/mol. The Hall–Kier alpha value is -1.19. The van der Waals surface area contributed by atoms with E-state index in [1.807, 2.05) is 13.0 Å². The molecule has 0 amide bonds. The van der Waals surface area contributed by atoms with Crippen LogP contribution < -0.4 is 4.72 Å². The van der Waals surface area contributed by atoms with Crippen LogP contribution in [0.1, 0.15) is 12.5 Å². The highest BCUT2D eigenvalue weighted by Gasteiger charge is 2.35. The standard InChI is InChI=1S/C15H24N2O5S/c1-3-21-7-8-22-12-13-5-4-6-14(9-13)16-23(18,19)17-10-15(11-17)20-2/h4-6,9,15-16H,3,7-8,10-12H2,1-2H3. The molecule has 23 heavy (non-hydrogen) atoms. The van der Waals surface area contributed by atoms with Crippen LogP contribution in [-0.4, -0.2) is 58.8 Å². The molecule has 0 unspecified atom stereocenters. The molecule has 8 heteroatoms. The van der Waals surface area contributed by atoms with Crippen molar-refractivity contribution in [2.75, 3.05) is 44.7 Å². The van der Waals surface area contributed by atoms with Crippen LogP contribution in [0.2, 0.25) is 0 Å². The Kier molecular flexibility index (Phi) is 6.79. The third-order valence-corrected chi connectivity index (χ3v) is 4.98. The van der Waals surface area contributed by atoms with Crippen molar-refractivity contribution in [1.82, 2.24) is 4.31 Å². The van der Waals surface area contributed by atoms with E-state index in [1.165, 1.54) is 4.31 Å². The second-order valence-electron chi connectivity index (χ2n) is 5.23. The van der Waals surface area contributed by atoms with E-state index in [2.05, 4.69) is 4.72 Å². The van der Waals surface area contributed by atoms with E-state index < -0.39 is 10.2 Å². The van der Waals surface area contributed by atoms with Crippen LogP contribution >= 0.6 is 0 Å². The normalized spacial score (nSPS) is 16.3. The summed E-state index contributed by atoms with van der Waals surface area (Å²) >= 11 is 0. The molecule has 1 aliphatic heterocycles. The van der Waals surface area contributed by atoms with Gasteiger partial charge in [0, 0.05) is 26.8 Å². The molecule has 1 aliphatic rings. The van der Waals surface area contributed by atoms with Crippen molar-refractivity contribution in [3.8, 4) is 0 Å². The van der Waals surface area contributed by atoms with Gasteiger partial charge in [0.2, 0.25) is 0 Å². The molecule has 0 aliphatic carbocycles. The number of anilines is 1. The van der Waals surface area contributed by atoms with Crippen LogP contribution in [0.3, 0.4) is 0 Å². The van der Waals surface area contributed by atoms with E-state index in [0.717, 1.165) is 5.56 Å². The zero-order chi connectivity index (χ0) is 16.7. The molecule has 2 rings (SSSR count). The molecule has 1 aromatic carbocycles. The van der Waals surface area contributed by atoms with Gasteiger partial charge in [0.25, 0.3) is 0 Å². The summed E-state index contributed by atoms with van der Waals surface area (Å²) in [6.45, 7) is 4.84. The Balaban J connectivity index is 1.85. The topological polar surface area (TPSA) is 77.1 Å². The first kappa shape index (κ1) is 18.2. The monoisotopic (exact) mass is 344 g/mol. The maximum Gasteiger partial charge on any atom is 0.301 e. The molecule has 0 saturated carbocycles. The zero-order valence-corrected chi connectivity index (χ0v) is 14.3. The maximum absolute atomic E-state index is 12.2. The van der Waals surface area contributed by atoms with Crippen LogP contribution in [0.4, 0.5) is 5.69 Å². The van der Waals surface area contributed by atoms with Crippen molar-refractivity contribution >= 4 is 15.9 Å². The van der Waals surface area contributed by atoms with Gasteiger partial charge in [-0.15, -0.1) is 0 Å². The lowest BCUT2D eigenvalue weighted by Gasteiger charge is -2.36. The molecule has 0 atom stereocenters. The number of nitrogens with zero attached hydrogens (tertiary/aromatic N) is 1. The van der Waals surface area contributed by atoms with E-state index in [0.29, 0.717) is 45.2 Å². The van der Waals surface area contributed by atoms with Gasteiger partial charge in [-0.2, -0.15) is 12.7 Å². The van der Waals surface area contributed by atoms with Gasteiger partial charge in [-0.05, 0) is 24.6 Å². The first-order chi connectivity index (χ1) is 11.0. The quantitative estimate of drug-likeness (QED) is 0.646. The molecule has 1 saturated heterocycles. The van der Waals surface area contributed by atoms with E-state index in [4.69, 9.17) is 14.2 Å². The molecule has 1 aromatic rings. The van der Waals surface area contributed by atoms with Crippen LogP contribution in [0.25, 0.3) is 0 Å². The Morgan fingerprint density at radius 3 is 2.70 bits per heavy atom. The molecule has 0 radical (unpaired) electrons. The van der Waals surface area contributed by atoms with Crippen molar-refractivity contribution in [2.24, 2.45) is 0 Å². The molecule has 0 spiro atoms. The molecular weight excluding hydrogens is 320 g/mol.